The molecule has 2 aliphatic heterocycles. The molecule has 0 saturated carbocycles. The van der Waals surface area contributed by atoms with Crippen LogP contribution in [0.4, 0.5) is 5.69 Å². The van der Waals surface area contributed by atoms with Crippen molar-refractivity contribution in [2.45, 2.75) is 51.5 Å². The molecule has 0 aromatic heterocycles. The normalized spacial score (nSPS) is 20.8. The van der Waals surface area contributed by atoms with E-state index >= 15 is 0 Å². The fourth-order valence-corrected chi connectivity index (χ4v) is 3.58. The molecule has 0 radical (unpaired) electrons. The molecule has 3 heteroatoms. The van der Waals surface area contributed by atoms with E-state index in [0.717, 1.165) is 24.9 Å². The van der Waals surface area contributed by atoms with Crippen LogP contribution < -0.4 is 9.64 Å². The maximum atomic E-state index is 5.69. The number of benzene rings is 1. The highest BCUT2D eigenvalue weighted by Gasteiger charge is 2.29. The Hall–Kier alpha value is -1.22. The molecule has 2 heterocycles. The first-order chi connectivity index (χ1) is 10.5. The minimum Gasteiger partial charge on any atom is -0.495 e. The van der Waals surface area contributed by atoms with Crippen LogP contribution in [0.15, 0.2) is 18.2 Å². The van der Waals surface area contributed by atoms with E-state index in [9.17, 15) is 0 Å². The summed E-state index contributed by atoms with van der Waals surface area (Å²) >= 11 is 0. The van der Waals surface area contributed by atoms with E-state index in [-0.39, 0.29) is 5.41 Å². The largest absolute Gasteiger partial charge is 0.495 e. The Labute approximate surface area is 135 Å². The molecule has 3 rings (SSSR count). The number of hydrogen-bond acceptors (Lipinski definition) is 3. The topological polar surface area (TPSA) is 15.7 Å². The zero-order valence-electron chi connectivity index (χ0n) is 14.6. The van der Waals surface area contributed by atoms with Gasteiger partial charge in [-0.05, 0) is 55.5 Å². The number of piperidine rings is 1. The highest BCUT2D eigenvalue weighted by atomic mass is 16.5. The molecule has 0 amide bonds. The summed E-state index contributed by atoms with van der Waals surface area (Å²) in [6, 6.07) is 7.55. The smallest absolute Gasteiger partial charge is 0.142 e. The number of hydrogen-bond donors (Lipinski definition) is 0. The third-order valence-electron chi connectivity index (χ3n) is 5.26. The Morgan fingerprint density at radius 2 is 1.73 bits per heavy atom. The summed E-state index contributed by atoms with van der Waals surface area (Å²) in [7, 11) is 1.79. The molecule has 0 aliphatic carbocycles. The van der Waals surface area contributed by atoms with Crippen molar-refractivity contribution in [1.82, 2.24) is 4.90 Å². The fourth-order valence-electron chi connectivity index (χ4n) is 3.58. The molecule has 0 spiro atoms. The lowest BCUT2D eigenvalue weighted by atomic mass is 9.86. The van der Waals surface area contributed by atoms with E-state index < -0.39 is 0 Å². The van der Waals surface area contributed by atoms with Crippen molar-refractivity contribution in [1.29, 1.82) is 0 Å². The van der Waals surface area contributed by atoms with Crippen LogP contribution in [0.25, 0.3) is 0 Å². The van der Waals surface area contributed by atoms with Gasteiger partial charge < -0.3 is 14.5 Å². The first-order valence-corrected chi connectivity index (χ1v) is 8.66. The molecule has 0 bridgehead atoms. The van der Waals surface area contributed by atoms with Crippen LogP contribution in [0.5, 0.6) is 5.75 Å². The van der Waals surface area contributed by atoms with E-state index in [4.69, 9.17) is 4.74 Å². The molecular formula is C19H30N2O. The second kappa shape index (κ2) is 6.11. The fraction of sp³-hybridized carbons (Fsp3) is 0.684. The van der Waals surface area contributed by atoms with E-state index in [0.29, 0.717) is 0 Å². The summed E-state index contributed by atoms with van der Waals surface area (Å²) in [6.07, 6.45) is 3.96. The molecule has 1 aromatic carbocycles. The number of anilines is 1. The third-order valence-corrected chi connectivity index (χ3v) is 5.26. The monoisotopic (exact) mass is 302 g/mol. The molecule has 2 aliphatic rings. The highest BCUT2D eigenvalue weighted by Crippen LogP contribution is 2.35. The Morgan fingerprint density at radius 1 is 1.05 bits per heavy atom. The molecular weight excluding hydrogens is 272 g/mol. The first kappa shape index (κ1) is 15.7. The molecule has 0 N–H and O–H groups in total. The van der Waals surface area contributed by atoms with E-state index in [1.165, 1.54) is 43.6 Å². The van der Waals surface area contributed by atoms with Gasteiger partial charge >= 0.3 is 0 Å². The molecule has 0 atom stereocenters. The maximum Gasteiger partial charge on any atom is 0.142 e. The van der Waals surface area contributed by atoms with E-state index in [2.05, 4.69) is 48.8 Å². The van der Waals surface area contributed by atoms with Gasteiger partial charge in [0.1, 0.15) is 5.75 Å². The molecule has 3 nitrogen and oxygen atoms in total. The number of likely N-dealkylation sites (tertiary alicyclic amines) is 1. The molecule has 2 fully saturated rings. The SMILES string of the molecule is COc1cc(C(C)(C)C)ccc1N1CCC(N2CCC2)CC1. The van der Waals surface area contributed by atoms with Crippen LogP contribution in [-0.4, -0.2) is 44.2 Å². The molecule has 22 heavy (non-hydrogen) atoms. The van der Waals surface area contributed by atoms with Gasteiger partial charge in [-0.1, -0.05) is 26.8 Å². The lowest BCUT2D eigenvalue weighted by molar-refractivity contribution is 0.100. The summed E-state index contributed by atoms with van der Waals surface area (Å²) in [5.41, 5.74) is 2.76. The van der Waals surface area contributed by atoms with Crippen molar-refractivity contribution in [3.8, 4) is 5.75 Å². The summed E-state index contributed by atoms with van der Waals surface area (Å²) in [5, 5.41) is 0. The summed E-state index contributed by atoms with van der Waals surface area (Å²) < 4.78 is 5.69. The minimum absolute atomic E-state index is 0.163. The predicted molar refractivity (Wildman–Crippen MR) is 93.1 cm³/mol. The van der Waals surface area contributed by atoms with Gasteiger partial charge in [-0.3, -0.25) is 0 Å². The van der Waals surface area contributed by atoms with Crippen LogP contribution >= 0.6 is 0 Å². The average Bonchev–Trinajstić information content (AvgIpc) is 2.45. The Bertz CT molecular complexity index is 509. The zero-order chi connectivity index (χ0) is 15.7. The number of rotatable bonds is 3. The standard InChI is InChI=1S/C19H30N2O/c1-19(2,3)15-6-7-17(18(14-15)22-4)21-12-8-16(9-13-21)20-10-5-11-20/h6-7,14,16H,5,8-13H2,1-4H3. The second-order valence-corrected chi connectivity index (χ2v) is 7.74. The van der Waals surface area contributed by atoms with Crippen LogP contribution in [0, 0.1) is 0 Å². The van der Waals surface area contributed by atoms with Gasteiger partial charge in [-0.15, -0.1) is 0 Å². The van der Waals surface area contributed by atoms with Gasteiger partial charge in [-0.2, -0.15) is 0 Å². The van der Waals surface area contributed by atoms with Gasteiger partial charge in [-0.25, -0.2) is 0 Å². The molecule has 122 valence electrons. The first-order valence-electron chi connectivity index (χ1n) is 8.66. The maximum absolute atomic E-state index is 5.69. The van der Waals surface area contributed by atoms with Crippen molar-refractivity contribution < 1.29 is 4.74 Å². The number of methoxy groups -OCH3 is 1. The zero-order valence-corrected chi connectivity index (χ0v) is 14.6. The van der Waals surface area contributed by atoms with E-state index in [1.807, 2.05) is 0 Å². The predicted octanol–water partition coefficient (Wildman–Crippen LogP) is 3.67. The van der Waals surface area contributed by atoms with Crippen LogP contribution in [0.3, 0.4) is 0 Å². The van der Waals surface area contributed by atoms with Crippen molar-refractivity contribution >= 4 is 5.69 Å². The minimum atomic E-state index is 0.163. The number of ether oxygens (including phenoxy) is 1. The summed E-state index contributed by atoms with van der Waals surface area (Å²) in [5.74, 6) is 1.02. The van der Waals surface area contributed by atoms with Crippen molar-refractivity contribution in [2.24, 2.45) is 0 Å². The summed E-state index contributed by atoms with van der Waals surface area (Å²) in [4.78, 5) is 5.15. The summed E-state index contributed by atoms with van der Waals surface area (Å²) in [6.45, 7) is 11.7. The number of nitrogens with zero attached hydrogens (tertiary/aromatic N) is 2. The average molecular weight is 302 g/mol. The Morgan fingerprint density at radius 3 is 2.23 bits per heavy atom. The molecule has 0 unspecified atom stereocenters. The highest BCUT2D eigenvalue weighted by molar-refractivity contribution is 5.60. The van der Waals surface area contributed by atoms with Gasteiger partial charge in [0.05, 0.1) is 12.8 Å². The Kier molecular flexibility index (Phi) is 4.35. The second-order valence-electron chi connectivity index (χ2n) is 7.74. The molecule has 2 saturated heterocycles. The van der Waals surface area contributed by atoms with E-state index in [1.54, 1.807) is 7.11 Å². The van der Waals surface area contributed by atoms with Crippen LogP contribution in [-0.2, 0) is 5.41 Å². The van der Waals surface area contributed by atoms with Crippen molar-refractivity contribution in [3.05, 3.63) is 23.8 Å². The van der Waals surface area contributed by atoms with Crippen LogP contribution in [0.1, 0.15) is 45.6 Å². The van der Waals surface area contributed by atoms with Gasteiger partial charge in [0, 0.05) is 19.1 Å². The quantitative estimate of drug-likeness (QED) is 0.847. The van der Waals surface area contributed by atoms with Gasteiger partial charge in [0.15, 0.2) is 0 Å². The van der Waals surface area contributed by atoms with Crippen LogP contribution in [0.2, 0.25) is 0 Å². The van der Waals surface area contributed by atoms with Gasteiger partial charge in [0.25, 0.3) is 0 Å². The van der Waals surface area contributed by atoms with Gasteiger partial charge in [0.2, 0.25) is 0 Å². The Balaban J connectivity index is 1.72. The lowest BCUT2D eigenvalue weighted by Gasteiger charge is -2.43. The van der Waals surface area contributed by atoms with Crippen molar-refractivity contribution in [3.63, 3.8) is 0 Å². The van der Waals surface area contributed by atoms with Crippen molar-refractivity contribution in [2.75, 3.05) is 38.2 Å². The third kappa shape index (κ3) is 3.10. The molecule has 1 aromatic rings. The lowest BCUT2D eigenvalue weighted by Crippen LogP contribution is -2.50.